The van der Waals surface area contributed by atoms with Gasteiger partial charge in [-0.15, -0.1) is 0 Å². The molecule has 0 aromatic heterocycles. The van der Waals surface area contributed by atoms with Crippen molar-refractivity contribution in [2.45, 2.75) is 25.5 Å². The van der Waals surface area contributed by atoms with Gasteiger partial charge in [-0.2, -0.15) is 0 Å². The fourth-order valence-electron chi connectivity index (χ4n) is 3.39. The summed E-state index contributed by atoms with van der Waals surface area (Å²) in [6.45, 7) is 5.06. The highest BCUT2D eigenvalue weighted by atomic mass is 16.3. The predicted octanol–water partition coefficient (Wildman–Crippen LogP) is 3.54. The Morgan fingerprint density at radius 1 is 1.09 bits per heavy atom. The van der Waals surface area contributed by atoms with Crippen LogP contribution in [0.3, 0.4) is 0 Å². The molecule has 1 fully saturated rings. The Morgan fingerprint density at radius 3 is 2.39 bits per heavy atom. The summed E-state index contributed by atoms with van der Waals surface area (Å²) in [4.78, 5) is 2.38. The number of aliphatic hydroxyl groups excluding tert-OH is 1. The number of benzene rings is 2. The molecule has 1 saturated heterocycles. The van der Waals surface area contributed by atoms with Crippen molar-refractivity contribution in [1.29, 1.82) is 0 Å². The second-order valence-corrected chi connectivity index (χ2v) is 6.57. The minimum Gasteiger partial charge on any atom is -0.387 e. The van der Waals surface area contributed by atoms with E-state index >= 15 is 0 Å². The van der Waals surface area contributed by atoms with Crippen molar-refractivity contribution in [3.63, 3.8) is 0 Å². The monoisotopic (exact) mass is 310 g/mol. The molecule has 23 heavy (non-hydrogen) atoms. The largest absolute Gasteiger partial charge is 0.387 e. The number of nitrogens with one attached hydrogen (secondary N) is 1. The van der Waals surface area contributed by atoms with Crippen molar-refractivity contribution in [3.05, 3.63) is 66.2 Å². The summed E-state index contributed by atoms with van der Waals surface area (Å²) in [6.07, 6.45) is 0.708. The van der Waals surface area contributed by atoms with E-state index in [2.05, 4.69) is 41.4 Å². The van der Waals surface area contributed by atoms with E-state index in [0.29, 0.717) is 18.5 Å². The van der Waals surface area contributed by atoms with Crippen LogP contribution in [-0.4, -0.2) is 35.7 Å². The molecule has 2 aromatic rings. The molecule has 1 aliphatic rings. The zero-order chi connectivity index (χ0) is 16.1. The number of piperidine rings is 1. The summed E-state index contributed by atoms with van der Waals surface area (Å²) in [6, 6.07) is 20.9. The fourth-order valence-corrected chi connectivity index (χ4v) is 3.39. The van der Waals surface area contributed by atoms with E-state index < -0.39 is 6.10 Å². The Balaban J connectivity index is 1.52. The first kappa shape index (κ1) is 16.0. The minimum absolute atomic E-state index is 0.401. The molecule has 2 N–H and O–H groups in total. The van der Waals surface area contributed by atoms with Gasteiger partial charge < -0.3 is 10.4 Å². The molecule has 0 amide bonds. The van der Waals surface area contributed by atoms with Crippen molar-refractivity contribution < 1.29 is 5.11 Å². The van der Waals surface area contributed by atoms with Crippen LogP contribution in [0.1, 0.15) is 25.0 Å². The molecular weight excluding hydrogens is 284 g/mol. The Morgan fingerprint density at radius 2 is 1.74 bits per heavy atom. The van der Waals surface area contributed by atoms with Gasteiger partial charge in [0, 0.05) is 31.4 Å². The van der Waals surface area contributed by atoms with E-state index in [-0.39, 0.29) is 0 Å². The molecule has 0 unspecified atom stereocenters. The smallest absolute Gasteiger partial charge is 0.0916 e. The Hall–Kier alpha value is -1.84. The zero-order valence-corrected chi connectivity index (χ0v) is 13.7. The molecule has 3 nitrogen and oxygen atoms in total. The summed E-state index contributed by atoms with van der Waals surface area (Å²) in [5.74, 6) is 0.562. The molecule has 0 spiro atoms. The number of aliphatic hydroxyl groups is 1. The SMILES string of the molecule is C[C@H]1CN(C[C@@H](O)c2ccccc2)CC[C@H]1Nc1ccccc1. The van der Waals surface area contributed by atoms with Crippen LogP contribution in [0.25, 0.3) is 0 Å². The quantitative estimate of drug-likeness (QED) is 0.886. The van der Waals surface area contributed by atoms with Gasteiger partial charge in [0.15, 0.2) is 0 Å². The van der Waals surface area contributed by atoms with E-state index in [1.54, 1.807) is 0 Å². The first-order chi connectivity index (χ1) is 11.2. The van der Waals surface area contributed by atoms with E-state index in [9.17, 15) is 5.11 Å². The summed E-state index contributed by atoms with van der Waals surface area (Å²) in [7, 11) is 0. The summed E-state index contributed by atoms with van der Waals surface area (Å²) >= 11 is 0. The second-order valence-electron chi connectivity index (χ2n) is 6.57. The van der Waals surface area contributed by atoms with Gasteiger partial charge in [-0.3, -0.25) is 4.90 Å². The molecule has 2 aromatic carbocycles. The first-order valence-electron chi connectivity index (χ1n) is 8.49. The predicted molar refractivity (Wildman–Crippen MR) is 95.5 cm³/mol. The molecule has 3 rings (SSSR count). The topological polar surface area (TPSA) is 35.5 Å². The molecule has 0 saturated carbocycles. The third kappa shape index (κ3) is 4.34. The molecule has 3 heteroatoms. The Kier molecular flexibility index (Phi) is 5.31. The van der Waals surface area contributed by atoms with Gasteiger partial charge in [-0.1, -0.05) is 55.5 Å². The minimum atomic E-state index is -0.401. The lowest BCUT2D eigenvalue weighted by Crippen LogP contribution is -2.46. The molecular formula is C20H26N2O. The van der Waals surface area contributed by atoms with Crippen LogP contribution >= 0.6 is 0 Å². The lowest BCUT2D eigenvalue weighted by molar-refractivity contribution is 0.0837. The lowest BCUT2D eigenvalue weighted by Gasteiger charge is -2.38. The molecule has 1 aliphatic heterocycles. The third-order valence-corrected chi connectivity index (χ3v) is 4.73. The number of hydrogen-bond donors (Lipinski definition) is 2. The number of rotatable bonds is 5. The highest BCUT2D eigenvalue weighted by Crippen LogP contribution is 2.23. The summed E-state index contributed by atoms with van der Waals surface area (Å²) in [5.41, 5.74) is 2.20. The normalized spacial score (nSPS) is 23.4. The molecule has 0 aliphatic carbocycles. The average molecular weight is 310 g/mol. The van der Waals surface area contributed by atoms with Crippen molar-refractivity contribution in [3.8, 4) is 0 Å². The number of β-amino-alcohol motifs (C(OH)–C–C–N with tert-alkyl or cyclic N) is 1. The van der Waals surface area contributed by atoms with E-state index in [1.165, 1.54) is 5.69 Å². The lowest BCUT2D eigenvalue weighted by atomic mass is 9.93. The number of hydrogen-bond acceptors (Lipinski definition) is 3. The number of para-hydroxylation sites is 1. The van der Waals surface area contributed by atoms with Gasteiger partial charge in [0.2, 0.25) is 0 Å². The molecule has 3 atom stereocenters. The zero-order valence-electron chi connectivity index (χ0n) is 13.7. The average Bonchev–Trinajstić information content (AvgIpc) is 2.59. The number of likely N-dealkylation sites (tertiary alicyclic amines) is 1. The van der Waals surface area contributed by atoms with E-state index in [4.69, 9.17) is 0 Å². The van der Waals surface area contributed by atoms with Crippen molar-refractivity contribution >= 4 is 5.69 Å². The van der Waals surface area contributed by atoms with Gasteiger partial charge in [-0.05, 0) is 30.0 Å². The van der Waals surface area contributed by atoms with Gasteiger partial charge in [0.05, 0.1) is 6.10 Å². The summed E-state index contributed by atoms with van der Waals surface area (Å²) in [5, 5.41) is 14.0. The third-order valence-electron chi connectivity index (χ3n) is 4.73. The first-order valence-corrected chi connectivity index (χ1v) is 8.49. The number of nitrogens with zero attached hydrogens (tertiary/aromatic N) is 1. The van der Waals surface area contributed by atoms with Crippen molar-refractivity contribution in [2.75, 3.05) is 25.0 Å². The van der Waals surface area contributed by atoms with Crippen LogP contribution in [-0.2, 0) is 0 Å². The van der Waals surface area contributed by atoms with Crippen LogP contribution in [0.2, 0.25) is 0 Å². The van der Waals surface area contributed by atoms with E-state index in [1.807, 2.05) is 36.4 Å². The van der Waals surface area contributed by atoms with Crippen molar-refractivity contribution in [2.24, 2.45) is 5.92 Å². The molecule has 1 heterocycles. The Bertz CT molecular complexity index is 587. The highest BCUT2D eigenvalue weighted by Gasteiger charge is 2.27. The molecule has 0 radical (unpaired) electrons. The maximum Gasteiger partial charge on any atom is 0.0916 e. The standard InChI is InChI=1S/C20H26N2O/c1-16-14-22(15-20(23)17-8-4-2-5-9-17)13-12-19(16)21-18-10-6-3-7-11-18/h2-11,16,19-21,23H,12-15H2,1H3/t16-,19+,20+/m0/s1. The number of anilines is 1. The van der Waals surface area contributed by atoms with Gasteiger partial charge in [-0.25, -0.2) is 0 Å². The van der Waals surface area contributed by atoms with Crippen LogP contribution in [0.15, 0.2) is 60.7 Å². The van der Waals surface area contributed by atoms with Crippen LogP contribution in [0.4, 0.5) is 5.69 Å². The maximum atomic E-state index is 10.4. The molecule has 122 valence electrons. The van der Waals surface area contributed by atoms with Gasteiger partial charge in [0.1, 0.15) is 0 Å². The van der Waals surface area contributed by atoms with Crippen LogP contribution in [0, 0.1) is 5.92 Å². The summed E-state index contributed by atoms with van der Waals surface area (Å²) < 4.78 is 0. The van der Waals surface area contributed by atoms with Crippen LogP contribution < -0.4 is 5.32 Å². The van der Waals surface area contributed by atoms with Crippen LogP contribution in [0.5, 0.6) is 0 Å². The maximum absolute atomic E-state index is 10.4. The highest BCUT2D eigenvalue weighted by molar-refractivity contribution is 5.43. The molecule has 0 bridgehead atoms. The fraction of sp³-hybridized carbons (Fsp3) is 0.400. The van der Waals surface area contributed by atoms with Gasteiger partial charge in [0.25, 0.3) is 0 Å². The van der Waals surface area contributed by atoms with Crippen molar-refractivity contribution in [1.82, 2.24) is 4.90 Å². The second kappa shape index (κ2) is 7.62. The Labute approximate surface area is 139 Å². The van der Waals surface area contributed by atoms with Gasteiger partial charge >= 0.3 is 0 Å². The van der Waals surface area contributed by atoms with E-state index in [0.717, 1.165) is 25.1 Å².